The van der Waals surface area contributed by atoms with E-state index in [2.05, 4.69) is 22.2 Å². The minimum absolute atomic E-state index is 0.0892. The molecular formula is C14H18N4O. The van der Waals surface area contributed by atoms with Crippen molar-refractivity contribution in [3.05, 3.63) is 58.4 Å². The number of nitrogens with zero attached hydrogens (tertiary/aromatic N) is 3. The molecule has 0 spiro atoms. The van der Waals surface area contributed by atoms with E-state index in [4.69, 9.17) is 0 Å². The predicted molar refractivity (Wildman–Crippen MR) is 76.6 cm³/mol. The third-order valence-corrected chi connectivity index (χ3v) is 2.99. The van der Waals surface area contributed by atoms with Crippen LogP contribution in [0.3, 0.4) is 0 Å². The summed E-state index contributed by atoms with van der Waals surface area (Å²) in [7, 11) is 1.65. The van der Waals surface area contributed by atoms with Crippen LogP contribution >= 0.6 is 0 Å². The van der Waals surface area contributed by atoms with Crippen LogP contribution in [-0.4, -0.2) is 21.2 Å². The van der Waals surface area contributed by atoms with Crippen molar-refractivity contribution in [3.8, 4) is 0 Å². The monoisotopic (exact) mass is 258 g/mol. The topological polar surface area (TPSA) is 50.2 Å². The van der Waals surface area contributed by atoms with Gasteiger partial charge in [0.2, 0.25) is 0 Å². The Hall–Kier alpha value is -2.30. The van der Waals surface area contributed by atoms with Crippen LogP contribution in [0.25, 0.3) is 0 Å². The first-order valence-corrected chi connectivity index (χ1v) is 6.24. The molecule has 1 aromatic heterocycles. The zero-order valence-corrected chi connectivity index (χ0v) is 11.4. The zero-order valence-electron chi connectivity index (χ0n) is 11.4. The van der Waals surface area contributed by atoms with Crippen LogP contribution < -0.4 is 10.9 Å². The van der Waals surface area contributed by atoms with Crippen LogP contribution in [0.5, 0.6) is 0 Å². The molecule has 2 rings (SSSR count). The summed E-state index contributed by atoms with van der Waals surface area (Å²) in [6.45, 7) is 4.76. The zero-order chi connectivity index (χ0) is 13.8. The number of allylic oxidation sites excluding steroid dienone is 3. The molecule has 1 N–H and O–H groups in total. The van der Waals surface area contributed by atoms with E-state index < -0.39 is 0 Å². The molecular weight excluding hydrogens is 240 g/mol. The summed E-state index contributed by atoms with van der Waals surface area (Å²) in [5.74, 6) is 0. The van der Waals surface area contributed by atoms with Gasteiger partial charge in [-0.2, -0.15) is 5.10 Å². The van der Waals surface area contributed by atoms with Gasteiger partial charge in [0, 0.05) is 31.6 Å². The molecule has 0 radical (unpaired) electrons. The highest BCUT2D eigenvalue weighted by atomic mass is 16.1. The number of anilines is 1. The summed E-state index contributed by atoms with van der Waals surface area (Å²) >= 11 is 0. The van der Waals surface area contributed by atoms with Crippen molar-refractivity contribution in [3.63, 3.8) is 0 Å². The molecule has 0 saturated carbocycles. The van der Waals surface area contributed by atoms with E-state index >= 15 is 0 Å². The Morgan fingerprint density at radius 1 is 1.37 bits per heavy atom. The SMILES string of the molecule is CCN1C=CC=CC(Nc2cnn(C)c(=O)c2C)=C1. The van der Waals surface area contributed by atoms with Crippen LogP contribution in [0.4, 0.5) is 5.69 Å². The van der Waals surface area contributed by atoms with Crippen LogP contribution in [-0.2, 0) is 7.05 Å². The molecule has 5 nitrogen and oxygen atoms in total. The number of aryl methyl sites for hydroxylation is 1. The smallest absolute Gasteiger partial charge is 0.271 e. The molecule has 0 saturated heterocycles. The number of hydrogen-bond acceptors (Lipinski definition) is 4. The van der Waals surface area contributed by atoms with Crippen molar-refractivity contribution >= 4 is 5.69 Å². The lowest BCUT2D eigenvalue weighted by Crippen LogP contribution is -2.23. The molecule has 0 aromatic carbocycles. The molecule has 0 amide bonds. The summed E-state index contributed by atoms with van der Waals surface area (Å²) in [6.07, 6.45) is 11.6. The van der Waals surface area contributed by atoms with E-state index in [1.807, 2.05) is 30.6 Å². The maximum Gasteiger partial charge on any atom is 0.271 e. The maximum absolute atomic E-state index is 11.8. The van der Waals surface area contributed by atoms with Crippen molar-refractivity contribution in [1.29, 1.82) is 0 Å². The van der Waals surface area contributed by atoms with Crippen LogP contribution in [0.1, 0.15) is 12.5 Å². The van der Waals surface area contributed by atoms with Crippen molar-refractivity contribution < 1.29 is 0 Å². The lowest BCUT2D eigenvalue weighted by atomic mass is 10.2. The lowest BCUT2D eigenvalue weighted by molar-refractivity contribution is 0.535. The summed E-state index contributed by atoms with van der Waals surface area (Å²) in [6, 6.07) is 0. The van der Waals surface area contributed by atoms with Crippen molar-refractivity contribution in [1.82, 2.24) is 14.7 Å². The van der Waals surface area contributed by atoms with Gasteiger partial charge in [-0.25, -0.2) is 4.68 Å². The minimum Gasteiger partial charge on any atom is -0.353 e. The minimum atomic E-state index is -0.0892. The average molecular weight is 258 g/mol. The summed E-state index contributed by atoms with van der Waals surface area (Å²) in [5.41, 5.74) is 2.22. The van der Waals surface area contributed by atoms with E-state index in [1.54, 1.807) is 20.2 Å². The first-order chi connectivity index (χ1) is 9.11. The Balaban J connectivity index is 2.29. The fourth-order valence-electron chi connectivity index (χ4n) is 1.79. The average Bonchev–Trinajstić information content (AvgIpc) is 2.64. The van der Waals surface area contributed by atoms with Gasteiger partial charge in [0.1, 0.15) is 0 Å². The second-order valence-electron chi connectivity index (χ2n) is 4.35. The fourth-order valence-corrected chi connectivity index (χ4v) is 1.79. The van der Waals surface area contributed by atoms with Gasteiger partial charge in [0.15, 0.2) is 0 Å². The molecule has 100 valence electrons. The Morgan fingerprint density at radius 2 is 2.16 bits per heavy atom. The normalized spacial score (nSPS) is 14.3. The molecule has 0 unspecified atom stereocenters. The molecule has 0 bridgehead atoms. The summed E-state index contributed by atoms with van der Waals surface area (Å²) in [5, 5.41) is 7.27. The standard InChI is InChI=1S/C14H18N4O/c1-4-18-8-6-5-7-12(10-18)16-13-9-15-17(3)14(19)11(13)2/h5-10,16H,4H2,1-3H3. The molecule has 0 aliphatic carbocycles. The quantitative estimate of drug-likeness (QED) is 0.897. The van der Waals surface area contributed by atoms with E-state index in [-0.39, 0.29) is 5.56 Å². The van der Waals surface area contributed by atoms with Crippen LogP contribution in [0, 0.1) is 6.92 Å². The molecule has 19 heavy (non-hydrogen) atoms. The van der Waals surface area contributed by atoms with Crippen LogP contribution in [0.15, 0.2) is 47.3 Å². The number of rotatable bonds is 3. The third-order valence-electron chi connectivity index (χ3n) is 2.99. The highest BCUT2D eigenvalue weighted by Gasteiger charge is 2.06. The Morgan fingerprint density at radius 3 is 2.89 bits per heavy atom. The highest BCUT2D eigenvalue weighted by molar-refractivity contribution is 5.54. The van der Waals surface area contributed by atoms with Gasteiger partial charge in [0.05, 0.1) is 17.6 Å². The maximum atomic E-state index is 11.8. The van der Waals surface area contributed by atoms with Crippen molar-refractivity contribution in [2.75, 3.05) is 11.9 Å². The molecule has 0 fully saturated rings. The van der Waals surface area contributed by atoms with Gasteiger partial charge in [-0.15, -0.1) is 0 Å². The predicted octanol–water partition coefficient (Wildman–Crippen LogP) is 1.75. The second kappa shape index (κ2) is 5.56. The summed E-state index contributed by atoms with van der Waals surface area (Å²) < 4.78 is 1.33. The van der Waals surface area contributed by atoms with Gasteiger partial charge in [0.25, 0.3) is 5.56 Å². The van der Waals surface area contributed by atoms with Crippen LogP contribution in [0.2, 0.25) is 0 Å². The highest BCUT2D eigenvalue weighted by Crippen LogP contribution is 2.14. The van der Waals surface area contributed by atoms with Gasteiger partial charge < -0.3 is 10.2 Å². The fraction of sp³-hybridized carbons (Fsp3) is 0.286. The van der Waals surface area contributed by atoms with E-state index in [0.29, 0.717) is 5.56 Å². The number of hydrogen-bond donors (Lipinski definition) is 1. The molecule has 1 aromatic rings. The lowest BCUT2D eigenvalue weighted by Gasteiger charge is -2.15. The number of nitrogens with one attached hydrogen (secondary N) is 1. The van der Waals surface area contributed by atoms with Crippen molar-refractivity contribution in [2.24, 2.45) is 7.05 Å². The molecule has 1 aliphatic heterocycles. The second-order valence-corrected chi connectivity index (χ2v) is 4.35. The Bertz CT molecular complexity index is 610. The Kier molecular flexibility index (Phi) is 3.85. The van der Waals surface area contributed by atoms with E-state index in [0.717, 1.165) is 17.9 Å². The van der Waals surface area contributed by atoms with Crippen molar-refractivity contribution in [2.45, 2.75) is 13.8 Å². The molecule has 1 aliphatic rings. The molecule has 5 heteroatoms. The number of aromatic nitrogens is 2. The van der Waals surface area contributed by atoms with E-state index in [9.17, 15) is 4.79 Å². The van der Waals surface area contributed by atoms with Gasteiger partial charge in [-0.05, 0) is 26.0 Å². The molecule has 0 atom stereocenters. The van der Waals surface area contributed by atoms with E-state index in [1.165, 1.54) is 4.68 Å². The largest absolute Gasteiger partial charge is 0.353 e. The first kappa shape index (κ1) is 13.1. The van der Waals surface area contributed by atoms with Gasteiger partial charge >= 0.3 is 0 Å². The molecule has 2 heterocycles. The summed E-state index contributed by atoms with van der Waals surface area (Å²) in [4.78, 5) is 13.9. The Labute approximate surface area is 112 Å². The first-order valence-electron chi connectivity index (χ1n) is 6.24. The van der Waals surface area contributed by atoms with Gasteiger partial charge in [-0.1, -0.05) is 6.08 Å². The third kappa shape index (κ3) is 2.93. The van der Waals surface area contributed by atoms with Gasteiger partial charge in [-0.3, -0.25) is 4.79 Å².